The van der Waals surface area contributed by atoms with Crippen LogP contribution >= 0.6 is 11.3 Å². The van der Waals surface area contributed by atoms with Crippen LogP contribution in [-0.4, -0.2) is 4.98 Å². The normalized spacial score (nSPS) is 11.5. The predicted molar refractivity (Wildman–Crippen MR) is 100 cm³/mol. The fraction of sp³-hybridized carbons (Fsp3) is 0. The van der Waals surface area contributed by atoms with E-state index in [2.05, 4.69) is 66.7 Å². The number of nitrogens with zero attached hydrogens (tertiary/aromatic N) is 1. The van der Waals surface area contributed by atoms with Crippen LogP contribution < -0.4 is 0 Å². The molecule has 1 nitrogen and oxygen atoms in total. The highest BCUT2D eigenvalue weighted by Crippen LogP contribution is 2.41. The van der Waals surface area contributed by atoms with Gasteiger partial charge in [0.15, 0.2) is 0 Å². The molecule has 0 radical (unpaired) electrons. The van der Waals surface area contributed by atoms with Gasteiger partial charge in [0.2, 0.25) is 0 Å². The Morgan fingerprint density at radius 2 is 1.43 bits per heavy atom. The van der Waals surface area contributed by atoms with Crippen molar-refractivity contribution in [1.29, 1.82) is 0 Å². The van der Waals surface area contributed by atoms with Crippen LogP contribution in [0, 0.1) is 0 Å². The molecule has 0 unspecified atom stereocenters. The summed E-state index contributed by atoms with van der Waals surface area (Å²) in [4.78, 5) is 4.71. The first kappa shape index (κ1) is 12.8. The van der Waals surface area contributed by atoms with Gasteiger partial charge in [-0.2, -0.15) is 0 Å². The van der Waals surface area contributed by atoms with E-state index in [1.54, 1.807) is 0 Å². The molecule has 0 amide bonds. The molecule has 0 N–H and O–H groups in total. The second-order valence-electron chi connectivity index (χ2n) is 5.66. The number of benzene rings is 3. The molecule has 0 saturated heterocycles. The van der Waals surface area contributed by atoms with Crippen LogP contribution in [0.15, 0.2) is 79.0 Å². The fourth-order valence-electron chi connectivity index (χ4n) is 3.30. The summed E-state index contributed by atoms with van der Waals surface area (Å²) in [5.74, 6) is 0. The van der Waals surface area contributed by atoms with Gasteiger partial charge in [-0.15, -0.1) is 11.3 Å². The van der Waals surface area contributed by atoms with Crippen LogP contribution in [0.1, 0.15) is 0 Å². The number of rotatable bonds is 1. The van der Waals surface area contributed by atoms with Gasteiger partial charge in [-0.1, -0.05) is 60.7 Å². The van der Waals surface area contributed by atoms with Gasteiger partial charge in [-0.3, -0.25) is 4.98 Å². The molecule has 0 fully saturated rings. The Balaban J connectivity index is 2.03. The SMILES string of the molecule is c1ccc(-c2nccc3sc4ccc5ccccc5c4c23)cc1. The molecule has 0 atom stereocenters. The molecule has 0 spiro atoms. The van der Waals surface area contributed by atoms with E-state index in [0.717, 1.165) is 5.69 Å². The van der Waals surface area contributed by atoms with Crippen molar-refractivity contribution in [1.82, 2.24) is 4.98 Å². The van der Waals surface area contributed by atoms with Gasteiger partial charge >= 0.3 is 0 Å². The summed E-state index contributed by atoms with van der Waals surface area (Å²) in [5.41, 5.74) is 2.25. The van der Waals surface area contributed by atoms with E-state index in [1.165, 1.54) is 36.5 Å². The van der Waals surface area contributed by atoms with Gasteiger partial charge < -0.3 is 0 Å². The number of aromatic nitrogens is 1. The Bertz CT molecular complexity index is 1160. The minimum absolute atomic E-state index is 1.07. The van der Waals surface area contributed by atoms with Crippen molar-refractivity contribution < 1.29 is 0 Å². The first-order valence-corrected chi connectivity index (χ1v) is 8.48. The van der Waals surface area contributed by atoms with Gasteiger partial charge in [0.25, 0.3) is 0 Å². The molecule has 108 valence electrons. The first-order valence-electron chi connectivity index (χ1n) is 7.66. The molecule has 2 heterocycles. The molecule has 3 aromatic carbocycles. The molecule has 0 aliphatic rings. The number of hydrogen-bond donors (Lipinski definition) is 0. The second-order valence-corrected chi connectivity index (χ2v) is 6.74. The smallest absolute Gasteiger partial charge is 0.0795 e. The van der Waals surface area contributed by atoms with Crippen LogP contribution in [0.2, 0.25) is 0 Å². The van der Waals surface area contributed by atoms with E-state index in [4.69, 9.17) is 4.98 Å². The molecule has 2 heteroatoms. The van der Waals surface area contributed by atoms with E-state index in [9.17, 15) is 0 Å². The lowest BCUT2D eigenvalue weighted by atomic mass is 10.0. The number of thiophene rings is 1. The number of hydrogen-bond acceptors (Lipinski definition) is 2. The Morgan fingerprint density at radius 3 is 2.35 bits per heavy atom. The lowest BCUT2D eigenvalue weighted by Crippen LogP contribution is -1.84. The lowest BCUT2D eigenvalue weighted by molar-refractivity contribution is 1.37. The highest BCUT2D eigenvalue weighted by atomic mass is 32.1. The number of pyridine rings is 1. The van der Waals surface area contributed by atoms with Crippen LogP contribution in [0.4, 0.5) is 0 Å². The number of fused-ring (bicyclic) bond motifs is 5. The lowest BCUT2D eigenvalue weighted by Gasteiger charge is -2.05. The molecule has 5 aromatic rings. The van der Waals surface area contributed by atoms with E-state index < -0.39 is 0 Å². The van der Waals surface area contributed by atoms with Crippen LogP contribution in [0.3, 0.4) is 0 Å². The molecular formula is C21H13NS. The summed E-state index contributed by atoms with van der Waals surface area (Å²) < 4.78 is 2.62. The minimum Gasteiger partial charge on any atom is -0.256 e. The van der Waals surface area contributed by atoms with Gasteiger partial charge in [0.1, 0.15) is 0 Å². The highest BCUT2D eigenvalue weighted by molar-refractivity contribution is 7.26. The summed E-state index contributed by atoms with van der Waals surface area (Å²) in [6, 6.07) is 25.6. The maximum absolute atomic E-state index is 4.71. The average molecular weight is 311 g/mol. The van der Waals surface area contributed by atoms with Crippen LogP contribution in [0.25, 0.3) is 42.2 Å². The van der Waals surface area contributed by atoms with Crippen LogP contribution in [-0.2, 0) is 0 Å². The quantitative estimate of drug-likeness (QED) is 0.355. The summed E-state index contributed by atoms with van der Waals surface area (Å²) in [7, 11) is 0. The molecule has 0 saturated carbocycles. The third-order valence-corrected chi connectivity index (χ3v) is 5.44. The molecular weight excluding hydrogens is 298 g/mol. The largest absolute Gasteiger partial charge is 0.256 e. The highest BCUT2D eigenvalue weighted by Gasteiger charge is 2.13. The summed E-state index contributed by atoms with van der Waals surface area (Å²) in [6.45, 7) is 0. The van der Waals surface area contributed by atoms with E-state index in [0.29, 0.717) is 0 Å². The molecule has 23 heavy (non-hydrogen) atoms. The van der Waals surface area contributed by atoms with Crippen LogP contribution in [0.5, 0.6) is 0 Å². The van der Waals surface area contributed by atoms with E-state index in [1.807, 2.05) is 23.6 Å². The van der Waals surface area contributed by atoms with Gasteiger partial charge in [0.05, 0.1) is 5.69 Å². The summed E-state index contributed by atoms with van der Waals surface area (Å²) >= 11 is 1.85. The third-order valence-electron chi connectivity index (χ3n) is 4.32. The maximum atomic E-state index is 4.71. The maximum Gasteiger partial charge on any atom is 0.0795 e. The molecule has 0 aliphatic heterocycles. The monoisotopic (exact) mass is 311 g/mol. The predicted octanol–water partition coefficient (Wildman–Crippen LogP) is 6.27. The Morgan fingerprint density at radius 1 is 0.652 bits per heavy atom. The first-order chi connectivity index (χ1) is 11.4. The molecule has 0 bridgehead atoms. The van der Waals surface area contributed by atoms with Gasteiger partial charge in [-0.25, -0.2) is 0 Å². The molecule has 2 aromatic heterocycles. The zero-order valence-corrected chi connectivity index (χ0v) is 13.2. The summed E-state index contributed by atoms with van der Waals surface area (Å²) in [6.07, 6.45) is 1.92. The topological polar surface area (TPSA) is 12.9 Å². The minimum atomic E-state index is 1.07. The van der Waals surface area contributed by atoms with Crippen molar-refractivity contribution in [3.8, 4) is 11.3 Å². The third kappa shape index (κ3) is 1.89. The van der Waals surface area contributed by atoms with E-state index in [-0.39, 0.29) is 0 Å². The second kappa shape index (κ2) is 4.90. The molecule has 5 rings (SSSR count). The van der Waals surface area contributed by atoms with Crippen molar-refractivity contribution in [2.24, 2.45) is 0 Å². The standard InChI is InChI=1S/C21H13NS/c1-2-7-15(8-3-1)21-20-18(12-13-22-21)23-17-11-10-14-6-4-5-9-16(14)19(17)20/h1-13H. The van der Waals surface area contributed by atoms with Crippen molar-refractivity contribution in [3.63, 3.8) is 0 Å². The zero-order valence-electron chi connectivity index (χ0n) is 12.4. The summed E-state index contributed by atoms with van der Waals surface area (Å²) in [5, 5.41) is 5.19. The van der Waals surface area contributed by atoms with Crippen molar-refractivity contribution in [3.05, 3.63) is 79.0 Å². The van der Waals surface area contributed by atoms with Crippen molar-refractivity contribution >= 4 is 42.3 Å². The Labute approximate surface area is 137 Å². The van der Waals surface area contributed by atoms with Crippen molar-refractivity contribution in [2.75, 3.05) is 0 Å². The Kier molecular flexibility index (Phi) is 2.73. The fourth-order valence-corrected chi connectivity index (χ4v) is 4.42. The Hall–Kier alpha value is -2.71. The van der Waals surface area contributed by atoms with E-state index >= 15 is 0 Å². The zero-order chi connectivity index (χ0) is 15.2. The van der Waals surface area contributed by atoms with Crippen molar-refractivity contribution in [2.45, 2.75) is 0 Å². The average Bonchev–Trinajstić information content (AvgIpc) is 3.01. The molecule has 0 aliphatic carbocycles. The van der Waals surface area contributed by atoms with Gasteiger partial charge in [0, 0.05) is 31.9 Å². The van der Waals surface area contributed by atoms with Gasteiger partial charge in [-0.05, 0) is 22.9 Å².